The molecule has 0 bridgehead atoms. The highest BCUT2D eigenvalue weighted by Crippen LogP contribution is 2.13. The Morgan fingerprint density at radius 2 is 1.94 bits per heavy atom. The Hall–Kier alpha value is -1.87. The van der Waals surface area contributed by atoms with Crippen LogP contribution in [0, 0.1) is 0 Å². The highest BCUT2D eigenvalue weighted by Gasteiger charge is 1.97. The van der Waals surface area contributed by atoms with Crippen molar-refractivity contribution in [3.05, 3.63) is 59.9 Å². The molecule has 0 aliphatic carbocycles. The van der Waals surface area contributed by atoms with Gasteiger partial charge in [-0.25, -0.2) is 0 Å². The summed E-state index contributed by atoms with van der Waals surface area (Å²) in [6, 6.07) is 12.2. The van der Waals surface area contributed by atoms with E-state index in [1.165, 1.54) is 11.1 Å². The molecular formula is C15H18N2O. The van der Waals surface area contributed by atoms with Crippen molar-refractivity contribution >= 4 is 0 Å². The topological polar surface area (TPSA) is 34.1 Å². The molecule has 1 aromatic carbocycles. The van der Waals surface area contributed by atoms with E-state index in [4.69, 9.17) is 4.74 Å². The van der Waals surface area contributed by atoms with Crippen molar-refractivity contribution in [2.45, 2.75) is 20.0 Å². The number of nitrogens with one attached hydrogen (secondary N) is 1. The summed E-state index contributed by atoms with van der Waals surface area (Å²) in [5.74, 6) is 0.929. The van der Waals surface area contributed by atoms with E-state index in [2.05, 4.69) is 28.5 Å². The molecule has 1 N–H and O–H groups in total. The molecule has 0 aliphatic rings. The predicted molar refractivity (Wildman–Crippen MR) is 72.4 cm³/mol. The van der Waals surface area contributed by atoms with Gasteiger partial charge in [0.15, 0.2) is 0 Å². The lowest BCUT2D eigenvalue weighted by Crippen LogP contribution is -2.12. The highest BCUT2D eigenvalue weighted by molar-refractivity contribution is 5.28. The molecule has 0 aliphatic heterocycles. The third-order valence-corrected chi connectivity index (χ3v) is 2.59. The molecule has 0 amide bonds. The molecular weight excluding hydrogens is 224 g/mol. The van der Waals surface area contributed by atoms with E-state index in [1.54, 1.807) is 6.20 Å². The van der Waals surface area contributed by atoms with Gasteiger partial charge < -0.3 is 10.1 Å². The number of aromatic nitrogens is 1. The van der Waals surface area contributed by atoms with Gasteiger partial charge in [0, 0.05) is 25.5 Å². The van der Waals surface area contributed by atoms with E-state index in [-0.39, 0.29) is 0 Å². The first-order valence-electron chi connectivity index (χ1n) is 6.20. The maximum absolute atomic E-state index is 5.47. The second kappa shape index (κ2) is 6.77. The smallest absolute Gasteiger partial charge is 0.119 e. The first-order chi connectivity index (χ1) is 8.88. The highest BCUT2D eigenvalue weighted by atomic mass is 16.5. The summed E-state index contributed by atoms with van der Waals surface area (Å²) in [7, 11) is 0. The van der Waals surface area contributed by atoms with Crippen LogP contribution in [0.4, 0.5) is 0 Å². The van der Waals surface area contributed by atoms with Crippen LogP contribution in [0.3, 0.4) is 0 Å². The van der Waals surface area contributed by atoms with Gasteiger partial charge in [0.2, 0.25) is 0 Å². The van der Waals surface area contributed by atoms with Crippen LogP contribution in [-0.2, 0) is 13.1 Å². The monoisotopic (exact) mass is 242 g/mol. The summed E-state index contributed by atoms with van der Waals surface area (Å²) in [4.78, 5) is 4.09. The van der Waals surface area contributed by atoms with Crippen molar-refractivity contribution < 1.29 is 4.74 Å². The van der Waals surface area contributed by atoms with Crippen molar-refractivity contribution in [2.75, 3.05) is 6.61 Å². The first-order valence-corrected chi connectivity index (χ1v) is 6.20. The Morgan fingerprint density at radius 1 is 1.11 bits per heavy atom. The number of nitrogens with zero attached hydrogens (tertiary/aromatic N) is 1. The van der Waals surface area contributed by atoms with Crippen molar-refractivity contribution in [1.29, 1.82) is 0 Å². The Bertz CT molecular complexity index is 471. The number of ether oxygens (including phenoxy) is 1. The number of benzene rings is 1. The SMILES string of the molecule is CCOc1cccc(CNCc2cccnc2)c1. The maximum Gasteiger partial charge on any atom is 0.119 e. The van der Waals surface area contributed by atoms with Crippen LogP contribution in [0.25, 0.3) is 0 Å². The molecule has 0 fully saturated rings. The zero-order chi connectivity index (χ0) is 12.6. The molecule has 0 spiro atoms. The van der Waals surface area contributed by atoms with Gasteiger partial charge in [-0.1, -0.05) is 18.2 Å². The molecule has 0 saturated carbocycles. The Morgan fingerprint density at radius 3 is 2.72 bits per heavy atom. The molecule has 0 atom stereocenters. The van der Waals surface area contributed by atoms with Crippen molar-refractivity contribution in [1.82, 2.24) is 10.3 Å². The average molecular weight is 242 g/mol. The Balaban J connectivity index is 1.84. The lowest BCUT2D eigenvalue weighted by molar-refractivity contribution is 0.340. The molecule has 0 saturated heterocycles. The maximum atomic E-state index is 5.47. The first kappa shape index (κ1) is 12.6. The van der Waals surface area contributed by atoms with E-state index in [0.29, 0.717) is 6.61 Å². The molecule has 1 heterocycles. The fraction of sp³-hybridized carbons (Fsp3) is 0.267. The van der Waals surface area contributed by atoms with Crippen molar-refractivity contribution in [2.24, 2.45) is 0 Å². The average Bonchev–Trinajstić information content (AvgIpc) is 2.41. The van der Waals surface area contributed by atoms with E-state index in [1.807, 2.05) is 31.3 Å². The minimum Gasteiger partial charge on any atom is -0.494 e. The van der Waals surface area contributed by atoms with E-state index in [9.17, 15) is 0 Å². The van der Waals surface area contributed by atoms with Gasteiger partial charge in [0.25, 0.3) is 0 Å². The van der Waals surface area contributed by atoms with Gasteiger partial charge in [-0.2, -0.15) is 0 Å². The second-order valence-corrected chi connectivity index (χ2v) is 4.05. The van der Waals surface area contributed by atoms with Gasteiger partial charge >= 0.3 is 0 Å². The summed E-state index contributed by atoms with van der Waals surface area (Å²) in [6.07, 6.45) is 3.67. The van der Waals surface area contributed by atoms with E-state index < -0.39 is 0 Å². The number of rotatable bonds is 6. The van der Waals surface area contributed by atoms with E-state index in [0.717, 1.165) is 18.8 Å². The summed E-state index contributed by atoms with van der Waals surface area (Å²) in [5, 5.41) is 3.39. The third kappa shape index (κ3) is 3.86. The van der Waals surface area contributed by atoms with Gasteiger partial charge in [-0.15, -0.1) is 0 Å². The number of pyridine rings is 1. The molecule has 3 nitrogen and oxygen atoms in total. The molecule has 94 valence electrons. The minimum atomic E-state index is 0.701. The largest absolute Gasteiger partial charge is 0.494 e. The number of hydrogen-bond donors (Lipinski definition) is 1. The fourth-order valence-electron chi connectivity index (χ4n) is 1.77. The van der Waals surface area contributed by atoms with Crippen LogP contribution < -0.4 is 10.1 Å². The quantitative estimate of drug-likeness (QED) is 0.845. The predicted octanol–water partition coefficient (Wildman–Crippen LogP) is 2.77. The van der Waals surface area contributed by atoms with Crippen molar-refractivity contribution in [3.63, 3.8) is 0 Å². The van der Waals surface area contributed by atoms with Crippen molar-refractivity contribution in [3.8, 4) is 5.75 Å². The molecule has 18 heavy (non-hydrogen) atoms. The standard InChI is InChI=1S/C15H18N2O/c1-2-18-15-7-3-5-13(9-15)10-17-12-14-6-4-8-16-11-14/h3-9,11,17H,2,10,12H2,1H3. The van der Waals surface area contributed by atoms with Gasteiger partial charge in [0.1, 0.15) is 5.75 Å². The Labute approximate surface area is 108 Å². The van der Waals surface area contributed by atoms with Gasteiger partial charge in [-0.05, 0) is 36.2 Å². The Kier molecular flexibility index (Phi) is 4.73. The van der Waals surface area contributed by atoms with Crippen LogP contribution in [0.2, 0.25) is 0 Å². The molecule has 0 radical (unpaired) electrons. The second-order valence-electron chi connectivity index (χ2n) is 4.05. The molecule has 1 aromatic heterocycles. The molecule has 2 rings (SSSR count). The van der Waals surface area contributed by atoms with Crippen LogP contribution in [0.1, 0.15) is 18.1 Å². The van der Waals surface area contributed by atoms with Crippen LogP contribution in [0.15, 0.2) is 48.8 Å². The zero-order valence-corrected chi connectivity index (χ0v) is 10.6. The van der Waals surface area contributed by atoms with E-state index >= 15 is 0 Å². The van der Waals surface area contributed by atoms with Crippen LogP contribution in [0.5, 0.6) is 5.75 Å². The third-order valence-electron chi connectivity index (χ3n) is 2.59. The van der Waals surface area contributed by atoms with Crippen LogP contribution in [-0.4, -0.2) is 11.6 Å². The molecule has 3 heteroatoms. The van der Waals surface area contributed by atoms with Gasteiger partial charge in [0.05, 0.1) is 6.61 Å². The lowest BCUT2D eigenvalue weighted by atomic mass is 10.2. The summed E-state index contributed by atoms with van der Waals surface area (Å²) >= 11 is 0. The fourth-order valence-corrected chi connectivity index (χ4v) is 1.77. The summed E-state index contributed by atoms with van der Waals surface area (Å²) < 4.78 is 5.47. The molecule has 2 aromatic rings. The normalized spacial score (nSPS) is 10.3. The zero-order valence-electron chi connectivity index (χ0n) is 10.6. The molecule has 0 unspecified atom stereocenters. The summed E-state index contributed by atoms with van der Waals surface area (Å²) in [6.45, 7) is 4.35. The minimum absolute atomic E-state index is 0.701. The summed E-state index contributed by atoms with van der Waals surface area (Å²) in [5.41, 5.74) is 2.42. The van der Waals surface area contributed by atoms with Gasteiger partial charge in [-0.3, -0.25) is 4.98 Å². The lowest BCUT2D eigenvalue weighted by Gasteiger charge is -2.07. The van der Waals surface area contributed by atoms with Crippen LogP contribution >= 0.6 is 0 Å². The number of hydrogen-bond acceptors (Lipinski definition) is 3.